The highest BCUT2D eigenvalue weighted by Gasteiger charge is 2.42. The van der Waals surface area contributed by atoms with Gasteiger partial charge in [-0.05, 0) is 62.5 Å². The van der Waals surface area contributed by atoms with Crippen molar-refractivity contribution in [3.05, 3.63) is 35.6 Å². The Morgan fingerprint density at radius 3 is 2.96 bits per heavy atom. The van der Waals surface area contributed by atoms with Gasteiger partial charge in [0.05, 0.1) is 12.7 Å². The van der Waals surface area contributed by atoms with E-state index in [4.69, 9.17) is 4.42 Å². The van der Waals surface area contributed by atoms with Crippen molar-refractivity contribution in [1.29, 1.82) is 0 Å². The van der Waals surface area contributed by atoms with Crippen molar-refractivity contribution < 1.29 is 9.21 Å². The van der Waals surface area contributed by atoms with Crippen LogP contribution in [-0.4, -0.2) is 11.9 Å². The SMILES string of the molecule is Cc1ccc2c(CC(=O)N[C@@H](C)[C@@H]3C[C@H]4CC[C@H]3C4)coc2c1. The second kappa shape index (κ2) is 5.70. The van der Waals surface area contributed by atoms with Crippen LogP contribution in [0.3, 0.4) is 0 Å². The fourth-order valence-electron chi connectivity index (χ4n) is 4.82. The molecule has 0 saturated heterocycles. The van der Waals surface area contributed by atoms with Crippen LogP contribution >= 0.6 is 0 Å². The van der Waals surface area contributed by atoms with Gasteiger partial charge in [0.2, 0.25) is 5.91 Å². The standard InChI is InChI=1S/C20H25NO2/c1-12-3-6-17-16(11-23-19(17)7-12)10-20(22)21-13(2)18-9-14-4-5-15(18)8-14/h3,6-7,11,13-15,18H,4-5,8-10H2,1-2H3,(H,21,22)/t13-,14-,15-,18-/m0/s1. The van der Waals surface area contributed by atoms with E-state index in [1.165, 1.54) is 31.2 Å². The molecule has 0 aliphatic heterocycles. The molecule has 2 bridgehead atoms. The highest BCUT2D eigenvalue weighted by molar-refractivity contribution is 5.88. The van der Waals surface area contributed by atoms with Crippen molar-refractivity contribution >= 4 is 16.9 Å². The maximum absolute atomic E-state index is 12.4. The number of benzene rings is 1. The summed E-state index contributed by atoms with van der Waals surface area (Å²) in [5.41, 5.74) is 3.03. The Hall–Kier alpha value is -1.77. The zero-order valence-corrected chi connectivity index (χ0v) is 14.0. The first-order valence-corrected chi connectivity index (χ1v) is 8.86. The van der Waals surface area contributed by atoms with Crippen molar-refractivity contribution in [1.82, 2.24) is 5.32 Å². The Morgan fingerprint density at radius 1 is 1.35 bits per heavy atom. The van der Waals surface area contributed by atoms with Crippen molar-refractivity contribution in [2.45, 2.75) is 52.0 Å². The number of carbonyl (C=O) groups is 1. The van der Waals surface area contributed by atoms with Crippen molar-refractivity contribution in [2.75, 3.05) is 0 Å². The van der Waals surface area contributed by atoms with Gasteiger partial charge in [-0.2, -0.15) is 0 Å². The molecule has 1 heterocycles. The Bertz CT molecular complexity index is 732. The topological polar surface area (TPSA) is 42.2 Å². The van der Waals surface area contributed by atoms with E-state index in [9.17, 15) is 4.79 Å². The lowest BCUT2D eigenvalue weighted by Crippen LogP contribution is -2.40. The van der Waals surface area contributed by atoms with E-state index in [1.54, 1.807) is 6.26 Å². The number of fused-ring (bicyclic) bond motifs is 3. The minimum Gasteiger partial charge on any atom is -0.464 e. The molecule has 4 atom stereocenters. The van der Waals surface area contributed by atoms with Gasteiger partial charge in [-0.1, -0.05) is 18.6 Å². The van der Waals surface area contributed by atoms with Crippen LogP contribution in [0.4, 0.5) is 0 Å². The summed E-state index contributed by atoms with van der Waals surface area (Å²) in [6.45, 7) is 4.23. The largest absolute Gasteiger partial charge is 0.464 e. The number of rotatable bonds is 4. The fourth-order valence-corrected chi connectivity index (χ4v) is 4.82. The van der Waals surface area contributed by atoms with E-state index < -0.39 is 0 Å². The molecule has 2 saturated carbocycles. The summed E-state index contributed by atoms with van der Waals surface area (Å²) in [7, 11) is 0. The lowest BCUT2D eigenvalue weighted by atomic mass is 9.84. The second-order valence-electron chi connectivity index (χ2n) is 7.63. The fraction of sp³-hybridized carbons (Fsp3) is 0.550. The summed E-state index contributed by atoms with van der Waals surface area (Å²) < 4.78 is 5.60. The van der Waals surface area contributed by atoms with Gasteiger partial charge in [0.1, 0.15) is 5.58 Å². The molecule has 2 aliphatic carbocycles. The lowest BCUT2D eigenvalue weighted by Gasteiger charge is -2.28. The normalized spacial score (nSPS) is 27.5. The van der Waals surface area contributed by atoms with Crippen LogP contribution < -0.4 is 5.32 Å². The van der Waals surface area contributed by atoms with Gasteiger partial charge in [-0.25, -0.2) is 0 Å². The van der Waals surface area contributed by atoms with E-state index in [2.05, 4.69) is 24.4 Å². The molecule has 1 amide bonds. The summed E-state index contributed by atoms with van der Waals surface area (Å²) in [5, 5.41) is 4.29. The molecule has 1 N–H and O–H groups in total. The number of amides is 1. The molecule has 1 aromatic heterocycles. The van der Waals surface area contributed by atoms with E-state index in [1.807, 2.05) is 13.0 Å². The third-order valence-electron chi connectivity index (χ3n) is 5.99. The Labute approximate surface area is 137 Å². The van der Waals surface area contributed by atoms with Crippen LogP contribution in [-0.2, 0) is 11.2 Å². The summed E-state index contributed by atoms with van der Waals surface area (Å²) in [6.07, 6.45) is 7.59. The van der Waals surface area contributed by atoms with Gasteiger partial charge in [0.25, 0.3) is 0 Å². The summed E-state index contributed by atoms with van der Waals surface area (Å²) in [5.74, 6) is 2.56. The first-order valence-electron chi connectivity index (χ1n) is 8.86. The number of hydrogen-bond donors (Lipinski definition) is 1. The van der Waals surface area contributed by atoms with Crippen LogP contribution in [0.5, 0.6) is 0 Å². The predicted molar refractivity (Wildman–Crippen MR) is 91.2 cm³/mol. The van der Waals surface area contributed by atoms with E-state index in [-0.39, 0.29) is 5.91 Å². The van der Waals surface area contributed by atoms with Crippen LogP contribution in [0.1, 0.15) is 43.7 Å². The van der Waals surface area contributed by atoms with E-state index >= 15 is 0 Å². The van der Waals surface area contributed by atoms with Crippen molar-refractivity contribution in [3.63, 3.8) is 0 Å². The molecule has 0 radical (unpaired) electrons. The van der Waals surface area contributed by atoms with E-state index in [0.717, 1.165) is 28.4 Å². The Balaban J connectivity index is 1.41. The van der Waals surface area contributed by atoms with Gasteiger partial charge in [0.15, 0.2) is 0 Å². The number of hydrogen-bond acceptors (Lipinski definition) is 2. The zero-order chi connectivity index (χ0) is 16.0. The minimum absolute atomic E-state index is 0.114. The molecule has 3 heteroatoms. The summed E-state index contributed by atoms with van der Waals surface area (Å²) >= 11 is 0. The third-order valence-corrected chi connectivity index (χ3v) is 5.99. The highest BCUT2D eigenvalue weighted by atomic mass is 16.3. The van der Waals surface area contributed by atoms with Gasteiger partial charge in [-0.3, -0.25) is 4.79 Å². The number of aryl methyl sites for hydroxylation is 1. The van der Waals surface area contributed by atoms with Crippen molar-refractivity contribution in [2.24, 2.45) is 17.8 Å². The molecule has 1 aromatic carbocycles. The molecule has 122 valence electrons. The maximum Gasteiger partial charge on any atom is 0.224 e. The molecular weight excluding hydrogens is 286 g/mol. The molecule has 4 rings (SSSR count). The molecular formula is C20H25NO2. The smallest absolute Gasteiger partial charge is 0.224 e. The second-order valence-corrected chi connectivity index (χ2v) is 7.63. The quantitative estimate of drug-likeness (QED) is 0.918. The van der Waals surface area contributed by atoms with Crippen LogP contribution in [0.2, 0.25) is 0 Å². The van der Waals surface area contributed by atoms with Gasteiger partial charge in [-0.15, -0.1) is 0 Å². The van der Waals surface area contributed by atoms with Crippen molar-refractivity contribution in [3.8, 4) is 0 Å². The van der Waals surface area contributed by atoms with Crippen LogP contribution in [0, 0.1) is 24.7 Å². The summed E-state index contributed by atoms with van der Waals surface area (Å²) in [4.78, 5) is 12.4. The highest BCUT2D eigenvalue weighted by Crippen LogP contribution is 2.49. The lowest BCUT2D eigenvalue weighted by molar-refractivity contribution is -0.121. The number of furan rings is 1. The van der Waals surface area contributed by atoms with Crippen LogP contribution in [0.15, 0.2) is 28.9 Å². The molecule has 3 nitrogen and oxygen atoms in total. The first-order chi connectivity index (χ1) is 11.1. The molecule has 0 unspecified atom stereocenters. The molecule has 2 aliphatic rings. The minimum atomic E-state index is 0.114. The molecule has 23 heavy (non-hydrogen) atoms. The third kappa shape index (κ3) is 2.77. The van der Waals surface area contributed by atoms with Gasteiger partial charge < -0.3 is 9.73 Å². The van der Waals surface area contributed by atoms with Gasteiger partial charge in [0, 0.05) is 17.0 Å². The Kier molecular flexibility index (Phi) is 3.67. The Morgan fingerprint density at radius 2 is 2.22 bits per heavy atom. The zero-order valence-electron chi connectivity index (χ0n) is 14.0. The number of carbonyl (C=O) groups excluding carboxylic acids is 1. The molecule has 0 spiro atoms. The first kappa shape index (κ1) is 14.8. The number of nitrogens with one attached hydrogen (secondary N) is 1. The van der Waals surface area contributed by atoms with E-state index in [0.29, 0.717) is 18.4 Å². The van der Waals surface area contributed by atoms with Gasteiger partial charge >= 0.3 is 0 Å². The predicted octanol–water partition coefficient (Wildman–Crippen LogP) is 4.22. The average molecular weight is 311 g/mol. The average Bonchev–Trinajstić information content (AvgIpc) is 3.22. The van der Waals surface area contributed by atoms with Crippen LogP contribution in [0.25, 0.3) is 11.0 Å². The monoisotopic (exact) mass is 311 g/mol. The molecule has 2 aromatic rings. The maximum atomic E-state index is 12.4. The molecule has 2 fully saturated rings. The summed E-state index contributed by atoms with van der Waals surface area (Å²) in [6, 6.07) is 6.43.